The molecule has 1 saturated heterocycles. The summed E-state index contributed by atoms with van der Waals surface area (Å²) in [7, 11) is 0. The van der Waals surface area contributed by atoms with Gasteiger partial charge in [0.15, 0.2) is 0 Å². The molecule has 0 aromatic heterocycles. The van der Waals surface area contributed by atoms with Crippen molar-refractivity contribution < 1.29 is 9.53 Å². The maximum Gasteiger partial charge on any atom is 0.412 e. The molecule has 7 heteroatoms. The molecule has 1 heterocycles. The van der Waals surface area contributed by atoms with Crippen LogP contribution in [0, 0.1) is 0 Å². The van der Waals surface area contributed by atoms with Crippen molar-refractivity contribution >= 4 is 35.0 Å². The molecule has 1 fully saturated rings. The number of carbonyl (C=O) groups excluding carboxylic acids is 1. The summed E-state index contributed by atoms with van der Waals surface area (Å²) in [4.78, 5) is 17.0. The Morgan fingerprint density at radius 2 is 1.75 bits per heavy atom. The van der Waals surface area contributed by atoms with Gasteiger partial charge in [-0.25, -0.2) is 4.79 Å². The molecule has 2 aromatic carbocycles. The number of hydrogen-bond donors (Lipinski definition) is 1. The van der Waals surface area contributed by atoms with Crippen molar-refractivity contribution in [3.8, 4) is 5.75 Å². The Morgan fingerprint density at radius 3 is 2.59 bits per heavy atom. The number of halogens is 2. The number of rotatable bonds is 7. The van der Waals surface area contributed by atoms with E-state index in [-0.39, 0.29) is 6.09 Å². The maximum absolute atomic E-state index is 12.2. The Kier molecular flexibility index (Phi) is 8.17. The Hall–Kier alpha value is -1.95. The van der Waals surface area contributed by atoms with Crippen molar-refractivity contribution in [1.82, 2.24) is 10.2 Å². The summed E-state index contributed by atoms with van der Waals surface area (Å²) in [6.07, 6.45) is 6.07. The third-order valence-corrected chi connectivity index (χ3v) is 7.18. The number of aryl methyl sites for hydroxylation is 1. The van der Waals surface area contributed by atoms with Gasteiger partial charge in [0.1, 0.15) is 5.75 Å². The normalized spacial score (nSPS) is 16.5. The van der Waals surface area contributed by atoms with Crippen molar-refractivity contribution in [2.24, 2.45) is 0 Å². The zero-order valence-electron chi connectivity index (χ0n) is 18.4. The van der Waals surface area contributed by atoms with E-state index in [1.165, 1.54) is 17.5 Å². The summed E-state index contributed by atoms with van der Waals surface area (Å²) < 4.78 is 5.60. The van der Waals surface area contributed by atoms with Crippen molar-refractivity contribution in [2.45, 2.75) is 38.5 Å². The topological polar surface area (TPSA) is 44.8 Å². The number of piperazine rings is 1. The smallest absolute Gasteiger partial charge is 0.410 e. The first-order valence-corrected chi connectivity index (χ1v) is 12.3. The van der Waals surface area contributed by atoms with E-state index in [4.69, 9.17) is 27.9 Å². The third-order valence-electron chi connectivity index (χ3n) is 6.37. The molecule has 1 N–H and O–H groups in total. The number of amides is 1. The van der Waals surface area contributed by atoms with Gasteiger partial charge in [0, 0.05) is 32.7 Å². The molecule has 4 rings (SSSR count). The van der Waals surface area contributed by atoms with E-state index in [2.05, 4.69) is 21.2 Å². The van der Waals surface area contributed by atoms with Crippen LogP contribution in [0.3, 0.4) is 0 Å². The Balaban J connectivity index is 1.13. The highest BCUT2D eigenvalue weighted by Gasteiger charge is 2.19. The van der Waals surface area contributed by atoms with Gasteiger partial charge in [-0.05, 0) is 74.4 Å². The number of nitrogens with one attached hydrogen (secondary N) is 1. The zero-order chi connectivity index (χ0) is 22.3. The number of hydrogen-bond acceptors (Lipinski definition) is 4. The molecular weight excluding hydrogens is 445 g/mol. The molecule has 5 nitrogen and oxygen atoms in total. The Bertz CT molecular complexity index is 929. The molecule has 1 aliphatic heterocycles. The van der Waals surface area contributed by atoms with Crippen LogP contribution in [0.2, 0.25) is 10.0 Å². The lowest BCUT2D eigenvalue weighted by Crippen LogP contribution is -2.46. The van der Waals surface area contributed by atoms with Gasteiger partial charge < -0.3 is 15.0 Å². The molecule has 2 aliphatic rings. The predicted octanol–water partition coefficient (Wildman–Crippen LogP) is 5.56. The lowest BCUT2D eigenvalue weighted by Gasteiger charge is -2.36. The number of benzene rings is 2. The summed E-state index contributed by atoms with van der Waals surface area (Å²) in [5.41, 5.74) is 3.53. The minimum absolute atomic E-state index is 0.351. The van der Waals surface area contributed by atoms with E-state index < -0.39 is 0 Å². The van der Waals surface area contributed by atoms with Gasteiger partial charge >= 0.3 is 6.09 Å². The van der Waals surface area contributed by atoms with Crippen LogP contribution in [0.5, 0.6) is 5.75 Å². The standard InChI is InChI=1S/C25H31Cl2N3O2/c26-21-10-6-11-22(24(21)27)30-17-15-29(16-18-30)14-4-3-13-28-25(31)32-23-12-5-8-19-7-1-2-9-20(19)23/h5-6,8,10-12H,1-4,7,9,13-18H2,(H,28,31). The summed E-state index contributed by atoms with van der Waals surface area (Å²) in [6, 6.07) is 11.8. The minimum atomic E-state index is -0.351. The molecule has 0 saturated carbocycles. The van der Waals surface area contributed by atoms with Crippen molar-refractivity contribution in [3.05, 3.63) is 57.6 Å². The molecule has 1 aliphatic carbocycles. The van der Waals surface area contributed by atoms with E-state index in [0.717, 1.165) is 76.3 Å². The van der Waals surface area contributed by atoms with Gasteiger partial charge in [-0.1, -0.05) is 41.4 Å². The fourth-order valence-corrected chi connectivity index (χ4v) is 4.99. The van der Waals surface area contributed by atoms with Crippen molar-refractivity contribution in [3.63, 3.8) is 0 Å². The quantitative estimate of drug-likeness (QED) is 0.532. The van der Waals surface area contributed by atoms with E-state index >= 15 is 0 Å². The van der Waals surface area contributed by atoms with Gasteiger partial charge in [-0.2, -0.15) is 0 Å². The van der Waals surface area contributed by atoms with Crippen LogP contribution in [-0.2, 0) is 12.8 Å². The molecule has 0 atom stereocenters. The highest BCUT2D eigenvalue weighted by Crippen LogP contribution is 2.33. The van der Waals surface area contributed by atoms with Crippen molar-refractivity contribution in [2.75, 3.05) is 44.2 Å². The molecule has 0 radical (unpaired) electrons. The second kappa shape index (κ2) is 11.3. The lowest BCUT2D eigenvalue weighted by atomic mass is 9.91. The van der Waals surface area contributed by atoms with E-state index in [1.54, 1.807) is 0 Å². The fraction of sp³-hybridized carbons (Fsp3) is 0.480. The first-order valence-electron chi connectivity index (χ1n) is 11.6. The van der Waals surface area contributed by atoms with Crippen LogP contribution in [0.25, 0.3) is 0 Å². The SMILES string of the molecule is O=C(NCCCCN1CCN(c2cccc(Cl)c2Cl)CC1)Oc1cccc2c1CCCC2. The molecule has 0 unspecified atom stereocenters. The predicted molar refractivity (Wildman–Crippen MR) is 131 cm³/mol. The molecule has 0 bridgehead atoms. The summed E-state index contributed by atoms with van der Waals surface area (Å²) in [6.45, 7) is 5.53. The number of nitrogens with zero attached hydrogens (tertiary/aromatic N) is 2. The van der Waals surface area contributed by atoms with Gasteiger partial charge in [0.05, 0.1) is 15.7 Å². The number of unbranched alkanes of at least 4 members (excludes halogenated alkanes) is 1. The van der Waals surface area contributed by atoms with Gasteiger partial charge in [0.2, 0.25) is 0 Å². The average molecular weight is 476 g/mol. The van der Waals surface area contributed by atoms with Crippen LogP contribution < -0.4 is 15.0 Å². The Morgan fingerprint density at radius 1 is 0.969 bits per heavy atom. The molecule has 1 amide bonds. The lowest BCUT2D eigenvalue weighted by molar-refractivity contribution is 0.199. The average Bonchev–Trinajstić information content (AvgIpc) is 2.81. The van der Waals surface area contributed by atoms with Crippen LogP contribution >= 0.6 is 23.2 Å². The fourth-order valence-electron chi connectivity index (χ4n) is 4.58. The van der Waals surface area contributed by atoms with Gasteiger partial charge in [0.25, 0.3) is 0 Å². The Labute approximate surface area is 200 Å². The maximum atomic E-state index is 12.2. The summed E-state index contributed by atoms with van der Waals surface area (Å²) in [5, 5.41) is 4.14. The van der Waals surface area contributed by atoms with Crippen LogP contribution in [0.1, 0.15) is 36.8 Å². The highest BCUT2D eigenvalue weighted by atomic mass is 35.5. The first kappa shape index (κ1) is 23.2. The highest BCUT2D eigenvalue weighted by molar-refractivity contribution is 6.43. The van der Waals surface area contributed by atoms with E-state index in [0.29, 0.717) is 16.6 Å². The van der Waals surface area contributed by atoms with Crippen LogP contribution in [-0.4, -0.2) is 50.3 Å². The van der Waals surface area contributed by atoms with Gasteiger partial charge in [-0.3, -0.25) is 4.90 Å². The van der Waals surface area contributed by atoms with E-state index in [9.17, 15) is 4.79 Å². The molecule has 2 aromatic rings. The molecule has 0 spiro atoms. The number of carbonyl (C=O) groups is 1. The van der Waals surface area contributed by atoms with E-state index in [1.807, 2.05) is 30.3 Å². The summed E-state index contributed by atoms with van der Waals surface area (Å²) in [5.74, 6) is 0.720. The van der Waals surface area contributed by atoms with Crippen molar-refractivity contribution in [1.29, 1.82) is 0 Å². The second-order valence-electron chi connectivity index (χ2n) is 8.53. The largest absolute Gasteiger partial charge is 0.412 e. The summed E-state index contributed by atoms with van der Waals surface area (Å²) >= 11 is 12.5. The number of fused-ring (bicyclic) bond motifs is 1. The number of anilines is 1. The molecular formula is C25H31Cl2N3O2. The third kappa shape index (κ3) is 5.89. The minimum Gasteiger partial charge on any atom is -0.410 e. The molecule has 32 heavy (non-hydrogen) atoms. The first-order chi connectivity index (χ1) is 15.6. The molecule has 172 valence electrons. The van der Waals surface area contributed by atoms with Crippen LogP contribution in [0.4, 0.5) is 10.5 Å². The number of ether oxygens (including phenoxy) is 1. The monoisotopic (exact) mass is 475 g/mol. The van der Waals surface area contributed by atoms with Gasteiger partial charge in [-0.15, -0.1) is 0 Å². The zero-order valence-corrected chi connectivity index (χ0v) is 19.9. The van der Waals surface area contributed by atoms with Crippen LogP contribution in [0.15, 0.2) is 36.4 Å². The second-order valence-corrected chi connectivity index (χ2v) is 9.31.